The number of methoxy groups -OCH3 is 2. The third-order valence-corrected chi connectivity index (χ3v) is 6.06. The number of imidazole rings is 1. The lowest BCUT2D eigenvalue weighted by atomic mass is 10.1. The van der Waals surface area contributed by atoms with Crippen molar-refractivity contribution in [3.8, 4) is 22.8 Å². The first-order valence-corrected chi connectivity index (χ1v) is 10.9. The van der Waals surface area contributed by atoms with Crippen molar-refractivity contribution in [3.63, 3.8) is 0 Å². The van der Waals surface area contributed by atoms with Crippen LogP contribution in [0, 0.1) is 0 Å². The predicted octanol–water partition coefficient (Wildman–Crippen LogP) is 5.23. The van der Waals surface area contributed by atoms with Crippen molar-refractivity contribution in [1.82, 2.24) is 14.3 Å². The molecule has 0 saturated carbocycles. The molecule has 2 aromatic heterocycles. The molecular weight excluding hydrogens is 438 g/mol. The van der Waals surface area contributed by atoms with Crippen LogP contribution in [0.1, 0.15) is 16.8 Å². The third-order valence-electron chi connectivity index (χ3n) is 5.81. The van der Waals surface area contributed by atoms with Gasteiger partial charge in [0.05, 0.1) is 25.6 Å². The van der Waals surface area contributed by atoms with Gasteiger partial charge in [-0.1, -0.05) is 29.8 Å². The van der Waals surface area contributed by atoms with Crippen LogP contribution >= 0.6 is 11.6 Å². The lowest BCUT2D eigenvalue weighted by Gasteiger charge is -2.12. The first-order valence-electron chi connectivity index (χ1n) is 10.5. The average Bonchev–Trinajstić information content (AvgIpc) is 3.43. The highest BCUT2D eigenvalue weighted by molar-refractivity contribution is 6.30. The van der Waals surface area contributed by atoms with Crippen LogP contribution in [0.15, 0.2) is 66.9 Å². The zero-order valence-corrected chi connectivity index (χ0v) is 19.0. The van der Waals surface area contributed by atoms with Crippen LogP contribution in [0.2, 0.25) is 5.02 Å². The van der Waals surface area contributed by atoms with Crippen LogP contribution in [0.25, 0.3) is 23.0 Å². The minimum absolute atomic E-state index is 0.0722. The van der Waals surface area contributed by atoms with Crippen LogP contribution in [0.4, 0.5) is 0 Å². The van der Waals surface area contributed by atoms with E-state index in [1.165, 1.54) is 0 Å². The predicted molar refractivity (Wildman–Crippen MR) is 128 cm³/mol. The molecule has 0 fully saturated rings. The summed E-state index contributed by atoms with van der Waals surface area (Å²) in [6.07, 6.45) is 5.38. The van der Waals surface area contributed by atoms with Gasteiger partial charge >= 0.3 is 0 Å². The minimum atomic E-state index is -0.0722. The van der Waals surface area contributed by atoms with Crippen molar-refractivity contribution in [2.75, 3.05) is 14.2 Å². The summed E-state index contributed by atoms with van der Waals surface area (Å²) in [7, 11) is 3.22. The molecule has 3 heterocycles. The second-order valence-corrected chi connectivity index (χ2v) is 8.22. The second-order valence-electron chi connectivity index (χ2n) is 7.78. The summed E-state index contributed by atoms with van der Waals surface area (Å²) in [5, 5.41) is 0.664. The van der Waals surface area contributed by atoms with E-state index in [9.17, 15) is 4.79 Å². The Hall–Kier alpha value is -3.77. The van der Waals surface area contributed by atoms with Crippen LogP contribution in [0.5, 0.6) is 11.5 Å². The Morgan fingerprint density at radius 1 is 1.00 bits per heavy atom. The quantitative estimate of drug-likeness (QED) is 0.383. The fourth-order valence-corrected chi connectivity index (χ4v) is 4.26. The summed E-state index contributed by atoms with van der Waals surface area (Å²) < 4.78 is 12.8. The van der Waals surface area contributed by atoms with E-state index in [1.807, 2.05) is 71.3 Å². The maximum absolute atomic E-state index is 13.1. The van der Waals surface area contributed by atoms with Gasteiger partial charge in [0.15, 0.2) is 11.5 Å². The van der Waals surface area contributed by atoms with Gasteiger partial charge in [-0.3, -0.25) is 9.20 Å². The lowest BCUT2D eigenvalue weighted by molar-refractivity contribution is -0.126. The average molecular weight is 460 g/mol. The highest BCUT2D eigenvalue weighted by Crippen LogP contribution is 2.35. The van der Waals surface area contributed by atoms with Crippen molar-refractivity contribution < 1.29 is 14.3 Å². The Bertz CT molecular complexity index is 1340. The monoisotopic (exact) mass is 459 g/mol. The molecule has 0 N–H and O–H groups in total. The molecule has 5 rings (SSSR count). The Morgan fingerprint density at radius 3 is 2.30 bits per heavy atom. The van der Waals surface area contributed by atoms with Gasteiger partial charge in [-0.2, -0.15) is 0 Å². The summed E-state index contributed by atoms with van der Waals surface area (Å²) in [5.41, 5.74) is 5.49. The number of carbonyl (C=O) groups excluding carboxylic acids is 1. The number of fused-ring (bicyclic) bond motifs is 2. The molecule has 1 aliphatic heterocycles. The number of carbonyl (C=O) groups is 1. The molecule has 0 unspecified atom stereocenters. The molecule has 1 amide bonds. The van der Waals surface area contributed by atoms with E-state index >= 15 is 0 Å². The molecule has 1 aliphatic rings. The zero-order valence-electron chi connectivity index (χ0n) is 18.3. The van der Waals surface area contributed by atoms with E-state index in [2.05, 4.69) is 0 Å². The van der Waals surface area contributed by atoms with Crippen molar-refractivity contribution in [2.45, 2.75) is 13.1 Å². The Morgan fingerprint density at radius 2 is 1.67 bits per heavy atom. The number of benzene rings is 2. The molecule has 0 atom stereocenters. The molecule has 2 aromatic carbocycles. The zero-order chi connectivity index (χ0) is 22.9. The fraction of sp³-hybridized carbons (Fsp3) is 0.154. The van der Waals surface area contributed by atoms with Crippen LogP contribution in [-0.4, -0.2) is 34.4 Å². The smallest absolute Gasteiger partial charge is 0.247 e. The Balaban J connectivity index is 1.44. The minimum Gasteiger partial charge on any atom is -0.493 e. The molecule has 33 heavy (non-hydrogen) atoms. The van der Waals surface area contributed by atoms with Gasteiger partial charge < -0.3 is 14.4 Å². The largest absolute Gasteiger partial charge is 0.493 e. The van der Waals surface area contributed by atoms with Crippen LogP contribution < -0.4 is 9.47 Å². The summed E-state index contributed by atoms with van der Waals surface area (Å²) in [5.74, 6) is 1.26. The van der Waals surface area contributed by atoms with Gasteiger partial charge in [0, 0.05) is 35.9 Å². The van der Waals surface area contributed by atoms with Gasteiger partial charge in [0.25, 0.3) is 0 Å². The lowest BCUT2D eigenvalue weighted by Crippen LogP contribution is -2.22. The summed E-state index contributed by atoms with van der Waals surface area (Å²) >= 11 is 6.06. The number of nitrogens with zero attached hydrogens (tertiary/aromatic N) is 3. The van der Waals surface area contributed by atoms with E-state index in [4.69, 9.17) is 26.1 Å². The van der Waals surface area contributed by atoms with E-state index in [0.717, 1.165) is 33.7 Å². The van der Waals surface area contributed by atoms with Gasteiger partial charge in [0.2, 0.25) is 5.91 Å². The second kappa shape index (κ2) is 8.64. The number of pyridine rings is 1. The highest BCUT2D eigenvalue weighted by Gasteiger charge is 2.24. The topological polar surface area (TPSA) is 56.1 Å². The van der Waals surface area contributed by atoms with Crippen molar-refractivity contribution in [3.05, 3.63) is 88.7 Å². The van der Waals surface area contributed by atoms with Crippen molar-refractivity contribution in [2.24, 2.45) is 0 Å². The first kappa shape index (κ1) is 21.1. The maximum Gasteiger partial charge on any atom is 0.247 e. The molecule has 0 spiro atoms. The molecule has 0 saturated heterocycles. The Kier molecular flexibility index (Phi) is 5.52. The SMILES string of the molecule is COc1cc2c(cc1OC)CN(C(=O)/C=C/c1c(-c3ccc(Cl)cc3)nc3ccccn13)C2. The number of amides is 1. The number of aromatic nitrogens is 2. The molecule has 0 radical (unpaired) electrons. The van der Waals surface area contributed by atoms with E-state index in [1.54, 1.807) is 25.2 Å². The molecule has 7 heteroatoms. The van der Waals surface area contributed by atoms with Gasteiger partial charge in [0.1, 0.15) is 5.65 Å². The number of hydrogen-bond donors (Lipinski definition) is 0. The fourth-order valence-electron chi connectivity index (χ4n) is 4.13. The normalized spacial score (nSPS) is 13.0. The van der Waals surface area contributed by atoms with Crippen molar-refractivity contribution >= 4 is 29.2 Å². The molecular formula is C26H22ClN3O3. The molecule has 166 valence electrons. The number of halogens is 1. The number of ether oxygens (including phenoxy) is 2. The van der Waals surface area contributed by atoms with Gasteiger partial charge in [-0.05, 0) is 53.6 Å². The number of rotatable bonds is 5. The molecule has 0 aliphatic carbocycles. The highest BCUT2D eigenvalue weighted by atomic mass is 35.5. The third kappa shape index (κ3) is 3.94. The number of hydrogen-bond acceptors (Lipinski definition) is 4. The summed E-state index contributed by atoms with van der Waals surface area (Å²) in [6.45, 7) is 1.05. The van der Waals surface area contributed by atoms with Gasteiger partial charge in [-0.25, -0.2) is 4.98 Å². The van der Waals surface area contributed by atoms with Gasteiger partial charge in [-0.15, -0.1) is 0 Å². The molecule has 4 aromatic rings. The molecule has 6 nitrogen and oxygen atoms in total. The molecule has 0 bridgehead atoms. The summed E-state index contributed by atoms with van der Waals surface area (Å²) in [6, 6.07) is 17.2. The van der Waals surface area contributed by atoms with E-state index in [0.29, 0.717) is 29.6 Å². The standard InChI is InChI=1S/C26H22ClN3O3/c1-32-22-13-18-15-29(16-19(18)14-23(22)33-2)25(31)11-10-21-26(17-6-8-20(27)9-7-17)28-24-5-3-4-12-30(21)24/h3-14H,15-16H2,1-2H3/b11-10+. The van der Waals surface area contributed by atoms with E-state index < -0.39 is 0 Å². The van der Waals surface area contributed by atoms with Crippen LogP contribution in [0.3, 0.4) is 0 Å². The van der Waals surface area contributed by atoms with E-state index in [-0.39, 0.29) is 5.91 Å². The van der Waals surface area contributed by atoms with Crippen molar-refractivity contribution in [1.29, 1.82) is 0 Å². The first-order chi connectivity index (χ1) is 16.1. The Labute approximate surface area is 196 Å². The maximum atomic E-state index is 13.1. The summed E-state index contributed by atoms with van der Waals surface area (Å²) in [4.78, 5) is 19.6. The van der Waals surface area contributed by atoms with Crippen LogP contribution in [-0.2, 0) is 17.9 Å².